The van der Waals surface area contributed by atoms with Crippen LogP contribution in [0.15, 0.2) is 30.4 Å². The van der Waals surface area contributed by atoms with Crippen molar-refractivity contribution in [3.8, 4) is 5.75 Å². The fourth-order valence-electron chi connectivity index (χ4n) is 2.37. The van der Waals surface area contributed by atoms with Crippen LogP contribution in [0.3, 0.4) is 0 Å². The van der Waals surface area contributed by atoms with E-state index in [2.05, 4.69) is 5.32 Å². The summed E-state index contributed by atoms with van der Waals surface area (Å²) in [6.07, 6.45) is 4.62. The minimum atomic E-state index is -0.141. The molecule has 0 bridgehead atoms. The van der Waals surface area contributed by atoms with E-state index in [4.69, 9.17) is 9.84 Å². The number of amides is 1. The van der Waals surface area contributed by atoms with Crippen LogP contribution >= 0.6 is 0 Å². The standard InChI is InChI=1S/C16H21NO3/c1-11-3-6-15(12(2)7-11)20-10-16(19)17-14-5-4-13(8-14)9-18/h3-7,13-14,18H,8-10H2,1-2H3,(H,17,19)/t13-,14+/m0/s1. The van der Waals surface area contributed by atoms with E-state index in [-0.39, 0.29) is 31.1 Å². The summed E-state index contributed by atoms with van der Waals surface area (Å²) in [5, 5.41) is 11.9. The zero-order chi connectivity index (χ0) is 14.5. The largest absolute Gasteiger partial charge is 0.484 e. The minimum Gasteiger partial charge on any atom is -0.484 e. The first-order chi connectivity index (χ1) is 9.58. The van der Waals surface area contributed by atoms with Crippen LogP contribution in [0.5, 0.6) is 5.75 Å². The second kappa shape index (κ2) is 6.57. The minimum absolute atomic E-state index is 0.00219. The third kappa shape index (κ3) is 3.84. The molecule has 0 radical (unpaired) electrons. The molecule has 0 fully saturated rings. The van der Waals surface area contributed by atoms with Crippen LogP contribution in [0, 0.1) is 19.8 Å². The van der Waals surface area contributed by atoms with Gasteiger partial charge in [-0.25, -0.2) is 0 Å². The van der Waals surface area contributed by atoms with E-state index >= 15 is 0 Å². The van der Waals surface area contributed by atoms with Crippen LogP contribution in [-0.2, 0) is 4.79 Å². The van der Waals surface area contributed by atoms with Gasteiger partial charge in [0.05, 0.1) is 0 Å². The Kier molecular flexibility index (Phi) is 4.79. The quantitative estimate of drug-likeness (QED) is 0.805. The number of aliphatic hydroxyl groups is 1. The first-order valence-electron chi connectivity index (χ1n) is 6.87. The lowest BCUT2D eigenvalue weighted by Gasteiger charge is -2.14. The number of hydrogen-bond acceptors (Lipinski definition) is 3. The van der Waals surface area contributed by atoms with Crippen molar-refractivity contribution in [3.63, 3.8) is 0 Å². The Bertz CT molecular complexity index is 510. The summed E-state index contributed by atoms with van der Waals surface area (Å²) in [4.78, 5) is 11.8. The van der Waals surface area contributed by atoms with Gasteiger partial charge in [0.15, 0.2) is 6.61 Å². The van der Waals surface area contributed by atoms with Crippen molar-refractivity contribution < 1.29 is 14.6 Å². The van der Waals surface area contributed by atoms with Crippen LogP contribution in [0.2, 0.25) is 0 Å². The Morgan fingerprint density at radius 3 is 2.85 bits per heavy atom. The maximum absolute atomic E-state index is 11.8. The molecule has 2 atom stereocenters. The van der Waals surface area contributed by atoms with Gasteiger partial charge in [-0.1, -0.05) is 29.8 Å². The molecule has 0 aliphatic heterocycles. The normalized spacial score (nSPS) is 20.9. The molecule has 1 aliphatic rings. The molecule has 1 amide bonds. The van der Waals surface area contributed by atoms with Crippen molar-refractivity contribution >= 4 is 5.91 Å². The molecule has 0 saturated heterocycles. The molecule has 1 aromatic rings. The molecular formula is C16H21NO3. The highest BCUT2D eigenvalue weighted by atomic mass is 16.5. The van der Waals surface area contributed by atoms with Gasteiger partial charge in [-0.15, -0.1) is 0 Å². The molecule has 0 unspecified atom stereocenters. The van der Waals surface area contributed by atoms with E-state index in [1.165, 1.54) is 5.56 Å². The van der Waals surface area contributed by atoms with Gasteiger partial charge in [0, 0.05) is 18.6 Å². The number of carbonyl (C=O) groups excluding carboxylic acids is 1. The molecule has 108 valence electrons. The number of hydrogen-bond donors (Lipinski definition) is 2. The number of aliphatic hydroxyl groups excluding tert-OH is 1. The first-order valence-corrected chi connectivity index (χ1v) is 6.87. The number of rotatable bonds is 5. The maximum Gasteiger partial charge on any atom is 0.258 e. The van der Waals surface area contributed by atoms with Gasteiger partial charge in [0.2, 0.25) is 0 Å². The molecule has 0 spiro atoms. The molecule has 2 rings (SSSR count). The fraction of sp³-hybridized carbons (Fsp3) is 0.438. The van der Waals surface area contributed by atoms with Crippen LogP contribution in [0.1, 0.15) is 17.5 Å². The summed E-state index contributed by atoms with van der Waals surface area (Å²) in [5.41, 5.74) is 2.20. The summed E-state index contributed by atoms with van der Waals surface area (Å²) in [5.74, 6) is 0.750. The van der Waals surface area contributed by atoms with Crippen molar-refractivity contribution in [1.82, 2.24) is 5.32 Å². The third-order valence-corrected chi connectivity index (χ3v) is 3.44. The summed E-state index contributed by atoms with van der Waals surface area (Å²) < 4.78 is 5.53. The van der Waals surface area contributed by atoms with E-state index < -0.39 is 0 Å². The number of carbonyl (C=O) groups is 1. The summed E-state index contributed by atoms with van der Waals surface area (Å²) >= 11 is 0. The van der Waals surface area contributed by atoms with Gasteiger partial charge in [-0.05, 0) is 31.9 Å². The van der Waals surface area contributed by atoms with Gasteiger partial charge < -0.3 is 15.2 Å². The summed E-state index contributed by atoms with van der Waals surface area (Å²) in [7, 11) is 0. The number of nitrogens with one attached hydrogen (secondary N) is 1. The average Bonchev–Trinajstić information content (AvgIpc) is 2.85. The Balaban J connectivity index is 1.79. The second-order valence-corrected chi connectivity index (χ2v) is 5.29. The van der Waals surface area contributed by atoms with Crippen molar-refractivity contribution in [1.29, 1.82) is 0 Å². The molecule has 0 aromatic heterocycles. The van der Waals surface area contributed by atoms with Crippen molar-refractivity contribution in [3.05, 3.63) is 41.5 Å². The molecule has 2 N–H and O–H groups in total. The van der Waals surface area contributed by atoms with Crippen LogP contribution in [0.25, 0.3) is 0 Å². The van der Waals surface area contributed by atoms with E-state index in [0.717, 1.165) is 17.7 Å². The lowest BCUT2D eigenvalue weighted by Crippen LogP contribution is -2.36. The first kappa shape index (κ1) is 14.6. The van der Waals surface area contributed by atoms with Crippen LogP contribution < -0.4 is 10.1 Å². The highest BCUT2D eigenvalue weighted by Gasteiger charge is 2.19. The topological polar surface area (TPSA) is 58.6 Å². The number of benzene rings is 1. The van der Waals surface area contributed by atoms with Gasteiger partial charge in [-0.3, -0.25) is 4.79 Å². The second-order valence-electron chi connectivity index (χ2n) is 5.29. The Morgan fingerprint density at radius 2 is 2.20 bits per heavy atom. The van der Waals surface area contributed by atoms with Crippen molar-refractivity contribution in [2.75, 3.05) is 13.2 Å². The molecule has 4 nitrogen and oxygen atoms in total. The fourth-order valence-corrected chi connectivity index (χ4v) is 2.37. The number of aryl methyl sites for hydroxylation is 2. The average molecular weight is 275 g/mol. The van der Waals surface area contributed by atoms with Gasteiger partial charge in [0.1, 0.15) is 5.75 Å². The lowest BCUT2D eigenvalue weighted by atomic mass is 10.1. The van der Waals surface area contributed by atoms with E-state index in [9.17, 15) is 4.79 Å². The molecular weight excluding hydrogens is 254 g/mol. The van der Waals surface area contributed by atoms with E-state index in [0.29, 0.717) is 0 Å². The monoisotopic (exact) mass is 275 g/mol. The summed E-state index contributed by atoms with van der Waals surface area (Å²) in [6.45, 7) is 4.12. The van der Waals surface area contributed by atoms with Crippen molar-refractivity contribution in [2.24, 2.45) is 5.92 Å². The zero-order valence-electron chi connectivity index (χ0n) is 11.9. The smallest absolute Gasteiger partial charge is 0.258 e. The third-order valence-electron chi connectivity index (χ3n) is 3.44. The molecule has 1 aliphatic carbocycles. The SMILES string of the molecule is Cc1ccc(OCC(=O)N[C@@H]2C=C[C@H](CO)C2)c(C)c1. The number of ether oxygens (including phenoxy) is 1. The summed E-state index contributed by atoms with van der Waals surface area (Å²) in [6, 6.07) is 5.88. The molecule has 20 heavy (non-hydrogen) atoms. The van der Waals surface area contributed by atoms with Gasteiger partial charge >= 0.3 is 0 Å². The Labute approximate surface area is 119 Å². The van der Waals surface area contributed by atoms with Crippen molar-refractivity contribution in [2.45, 2.75) is 26.3 Å². The maximum atomic E-state index is 11.8. The Hall–Kier alpha value is -1.81. The van der Waals surface area contributed by atoms with E-state index in [1.54, 1.807) is 0 Å². The zero-order valence-corrected chi connectivity index (χ0v) is 11.9. The molecule has 0 saturated carbocycles. The van der Waals surface area contributed by atoms with Gasteiger partial charge in [0.25, 0.3) is 5.91 Å². The predicted octanol–water partition coefficient (Wildman–Crippen LogP) is 1.74. The highest BCUT2D eigenvalue weighted by Crippen LogP contribution is 2.19. The molecule has 4 heteroatoms. The van der Waals surface area contributed by atoms with Crippen LogP contribution in [0.4, 0.5) is 0 Å². The predicted molar refractivity (Wildman–Crippen MR) is 77.7 cm³/mol. The highest BCUT2D eigenvalue weighted by molar-refractivity contribution is 5.78. The molecule has 0 heterocycles. The van der Waals surface area contributed by atoms with Gasteiger partial charge in [-0.2, -0.15) is 0 Å². The molecule has 1 aromatic carbocycles. The van der Waals surface area contributed by atoms with Crippen LogP contribution in [-0.4, -0.2) is 30.3 Å². The van der Waals surface area contributed by atoms with E-state index in [1.807, 2.05) is 44.2 Å². The Morgan fingerprint density at radius 1 is 1.40 bits per heavy atom. The lowest BCUT2D eigenvalue weighted by molar-refractivity contribution is -0.123.